The minimum atomic E-state index is -0.398. The van der Waals surface area contributed by atoms with Crippen LogP contribution in [0.2, 0.25) is 0 Å². The normalized spacial score (nSPS) is 12.2. The molecular weight excluding hydrogens is 219 g/mol. The van der Waals surface area contributed by atoms with Gasteiger partial charge in [0, 0.05) is 12.5 Å². The molecule has 1 atom stereocenters. The first-order chi connectivity index (χ1) is 8.00. The highest BCUT2D eigenvalue weighted by molar-refractivity contribution is 5.91. The second-order valence-corrected chi connectivity index (χ2v) is 4.35. The van der Waals surface area contributed by atoms with Gasteiger partial charge in [-0.25, -0.2) is 4.39 Å². The van der Waals surface area contributed by atoms with Crippen LogP contribution in [0.5, 0.6) is 0 Å². The summed E-state index contributed by atoms with van der Waals surface area (Å²) in [5.74, 6) is -0.565. The van der Waals surface area contributed by atoms with Gasteiger partial charge in [-0.1, -0.05) is 12.1 Å². The molecule has 0 saturated heterocycles. The summed E-state index contributed by atoms with van der Waals surface area (Å²) in [6, 6.07) is 4.82. The molecule has 0 saturated carbocycles. The average molecular weight is 238 g/mol. The second kappa shape index (κ2) is 6.35. The van der Waals surface area contributed by atoms with E-state index in [1.165, 1.54) is 6.07 Å². The highest BCUT2D eigenvalue weighted by Crippen LogP contribution is 2.19. The smallest absolute Gasteiger partial charge is 0.224 e. The van der Waals surface area contributed by atoms with Crippen molar-refractivity contribution in [3.8, 4) is 0 Å². The molecule has 1 amide bonds. The molecule has 1 unspecified atom stereocenters. The summed E-state index contributed by atoms with van der Waals surface area (Å²) in [5, 5.41) is 2.60. The molecule has 94 valence electrons. The fourth-order valence-electron chi connectivity index (χ4n) is 1.58. The number of nitrogens with two attached hydrogens (primary N) is 1. The number of nitrogens with one attached hydrogen (secondary N) is 1. The Morgan fingerprint density at radius 1 is 1.53 bits per heavy atom. The maximum atomic E-state index is 13.4. The lowest BCUT2D eigenvalue weighted by atomic mass is 10.1. The van der Waals surface area contributed by atoms with Crippen molar-refractivity contribution in [2.24, 2.45) is 5.73 Å². The zero-order valence-electron chi connectivity index (χ0n) is 10.3. The van der Waals surface area contributed by atoms with Crippen molar-refractivity contribution in [3.05, 3.63) is 29.6 Å². The van der Waals surface area contributed by atoms with Crippen LogP contribution in [-0.4, -0.2) is 11.9 Å². The second-order valence-electron chi connectivity index (χ2n) is 4.35. The Kier molecular flexibility index (Phi) is 5.10. The lowest BCUT2D eigenvalue weighted by Crippen LogP contribution is -2.17. The molecule has 1 rings (SSSR count). The Morgan fingerprint density at radius 3 is 2.82 bits per heavy atom. The van der Waals surface area contributed by atoms with Crippen LogP contribution in [0.1, 0.15) is 31.7 Å². The number of hydrogen-bond acceptors (Lipinski definition) is 2. The van der Waals surface area contributed by atoms with E-state index in [1.807, 2.05) is 6.92 Å². The fourth-order valence-corrected chi connectivity index (χ4v) is 1.58. The monoisotopic (exact) mass is 238 g/mol. The minimum Gasteiger partial charge on any atom is -0.328 e. The fraction of sp³-hybridized carbons (Fsp3) is 0.462. The Hall–Kier alpha value is -1.42. The van der Waals surface area contributed by atoms with Gasteiger partial charge in [-0.2, -0.15) is 0 Å². The number of amides is 1. The van der Waals surface area contributed by atoms with Crippen LogP contribution >= 0.6 is 0 Å². The zero-order valence-corrected chi connectivity index (χ0v) is 10.3. The van der Waals surface area contributed by atoms with E-state index in [0.29, 0.717) is 6.42 Å². The summed E-state index contributed by atoms with van der Waals surface area (Å²) in [5.41, 5.74) is 6.59. The number of hydrogen-bond donors (Lipinski definition) is 2. The highest BCUT2D eigenvalue weighted by atomic mass is 19.1. The van der Waals surface area contributed by atoms with Crippen molar-refractivity contribution in [2.45, 2.75) is 39.2 Å². The van der Waals surface area contributed by atoms with Gasteiger partial charge in [-0.3, -0.25) is 4.79 Å². The van der Waals surface area contributed by atoms with Crippen LogP contribution in [0, 0.1) is 12.7 Å². The Morgan fingerprint density at radius 2 is 2.24 bits per heavy atom. The molecule has 3 N–H and O–H groups in total. The molecule has 0 fully saturated rings. The van der Waals surface area contributed by atoms with Gasteiger partial charge in [0.25, 0.3) is 0 Å². The molecule has 3 nitrogen and oxygen atoms in total. The van der Waals surface area contributed by atoms with Gasteiger partial charge in [0.15, 0.2) is 0 Å². The minimum absolute atomic E-state index is 0.0954. The summed E-state index contributed by atoms with van der Waals surface area (Å²) in [4.78, 5) is 11.6. The third-order valence-corrected chi connectivity index (χ3v) is 2.55. The van der Waals surface area contributed by atoms with Crippen LogP contribution in [0.25, 0.3) is 0 Å². The lowest BCUT2D eigenvalue weighted by molar-refractivity contribution is -0.116. The molecule has 0 aliphatic carbocycles. The van der Waals surface area contributed by atoms with Gasteiger partial charge in [0.2, 0.25) is 5.91 Å². The largest absolute Gasteiger partial charge is 0.328 e. The van der Waals surface area contributed by atoms with Crippen molar-refractivity contribution in [3.63, 3.8) is 0 Å². The summed E-state index contributed by atoms with van der Waals surface area (Å²) >= 11 is 0. The topological polar surface area (TPSA) is 55.1 Å². The number of carbonyl (C=O) groups is 1. The van der Waals surface area contributed by atoms with E-state index in [1.54, 1.807) is 19.1 Å². The summed E-state index contributed by atoms with van der Waals surface area (Å²) in [7, 11) is 0. The molecule has 0 spiro atoms. The van der Waals surface area contributed by atoms with Gasteiger partial charge in [-0.15, -0.1) is 0 Å². The highest BCUT2D eigenvalue weighted by Gasteiger charge is 2.09. The van der Waals surface area contributed by atoms with Crippen molar-refractivity contribution >= 4 is 11.6 Å². The Balaban J connectivity index is 2.51. The first-order valence-corrected chi connectivity index (χ1v) is 5.81. The standard InChI is InChI=1S/C13H19FN2O/c1-9-5-3-7-11(14)13(9)16-12(17)8-4-6-10(2)15/h3,5,7,10H,4,6,8,15H2,1-2H3,(H,16,17). The van der Waals surface area contributed by atoms with E-state index in [0.717, 1.165) is 18.4 Å². The Bertz CT molecular complexity index is 371. The van der Waals surface area contributed by atoms with Crippen LogP contribution in [0.15, 0.2) is 18.2 Å². The van der Waals surface area contributed by atoms with Crippen LogP contribution in [0.3, 0.4) is 0 Å². The van der Waals surface area contributed by atoms with Gasteiger partial charge >= 0.3 is 0 Å². The van der Waals surface area contributed by atoms with Crippen molar-refractivity contribution in [1.82, 2.24) is 0 Å². The predicted octanol–water partition coefficient (Wildman–Crippen LogP) is 2.59. The molecule has 1 aromatic carbocycles. The van der Waals surface area contributed by atoms with Crippen molar-refractivity contribution < 1.29 is 9.18 Å². The van der Waals surface area contributed by atoms with E-state index in [-0.39, 0.29) is 17.6 Å². The van der Waals surface area contributed by atoms with E-state index in [4.69, 9.17) is 5.73 Å². The van der Waals surface area contributed by atoms with E-state index < -0.39 is 5.82 Å². The molecule has 0 heterocycles. The number of anilines is 1. The molecule has 0 aliphatic rings. The number of aryl methyl sites for hydroxylation is 1. The quantitative estimate of drug-likeness (QED) is 0.828. The number of carbonyl (C=O) groups excluding carboxylic acids is 1. The first-order valence-electron chi connectivity index (χ1n) is 5.81. The molecule has 0 bridgehead atoms. The average Bonchev–Trinajstić information content (AvgIpc) is 2.23. The SMILES string of the molecule is Cc1cccc(F)c1NC(=O)CCCC(C)N. The number of rotatable bonds is 5. The number of halogens is 1. The maximum absolute atomic E-state index is 13.4. The van der Waals surface area contributed by atoms with E-state index in [2.05, 4.69) is 5.32 Å². The summed E-state index contributed by atoms with van der Waals surface area (Å²) in [6.07, 6.45) is 1.88. The summed E-state index contributed by atoms with van der Waals surface area (Å²) in [6.45, 7) is 3.67. The third kappa shape index (κ3) is 4.53. The molecule has 17 heavy (non-hydrogen) atoms. The van der Waals surface area contributed by atoms with Gasteiger partial charge in [-0.05, 0) is 38.3 Å². The zero-order chi connectivity index (χ0) is 12.8. The van der Waals surface area contributed by atoms with Crippen molar-refractivity contribution in [2.75, 3.05) is 5.32 Å². The van der Waals surface area contributed by atoms with Gasteiger partial charge < -0.3 is 11.1 Å². The first kappa shape index (κ1) is 13.6. The van der Waals surface area contributed by atoms with Gasteiger partial charge in [0.05, 0.1) is 5.69 Å². The Labute approximate surface area is 101 Å². The van der Waals surface area contributed by atoms with E-state index >= 15 is 0 Å². The molecule has 4 heteroatoms. The molecule has 0 radical (unpaired) electrons. The van der Waals surface area contributed by atoms with Gasteiger partial charge in [0.1, 0.15) is 5.82 Å². The van der Waals surface area contributed by atoms with Crippen molar-refractivity contribution in [1.29, 1.82) is 0 Å². The molecule has 1 aromatic rings. The molecule has 0 aliphatic heterocycles. The van der Waals surface area contributed by atoms with E-state index in [9.17, 15) is 9.18 Å². The number of benzene rings is 1. The lowest BCUT2D eigenvalue weighted by Gasteiger charge is -2.09. The predicted molar refractivity (Wildman–Crippen MR) is 67.3 cm³/mol. The third-order valence-electron chi connectivity index (χ3n) is 2.55. The van der Waals surface area contributed by atoms with Crippen LogP contribution < -0.4 is 11.1 Å². The van der Waals surface area contributed by atoms with Crippen LogP contribution in [0.4, 0.5) is 10.1 Å². The molecule has 0 aromatic heterocycles. The molecular formula is C13H19FN2O. The summed E-state index contributed by atoms with van der Waals surface area (Å²) < 4.78 is 13.4. The van der Waals surface area contributed by atoms with Crippen LogP contribution in [-0.2, 0) is 4.79 Å². The number of para-hydroxylation sites is 1. The maximum Gasteiger partial charge on any atom is 0.224 e.